The van der Waals surface area contributed by atoms with Crippen molar-refractivity contribution in [2.24, 2.45) is 0 Å². The molecule has 0 spiro atoms. The van der Waals surface area contributed by atoms with E-state index < -0.39 is 0 Å². The van der Waals surface area contributed by atoms with Crippen LogP contribution in [0.1, 0.15) is 17.5 Å². The summed E-state index contributed by atoms with van der Waals surface area (Å²) in [5.74, 6) is -0.0934. The molecule has 1 amide bonds. The van der Waals surface area contributed by atoms with E-state index in [2.05, 4.69) is 27.0 Å². The molecule has 0 aliphatic carbocycles. The molecule has 4 rings (SSSR count). The molecule has 0 N–H and O–H groups in total. The minimum absolute atomic E-state index is 0.00871. The number of anilines is 1. The second-order valence-electron chi connectivity index (χ2n) is 6.57. The van der Waals surface area contributed by atoms with Crippen LogP contribution in [-0.2, 0) is 17.8 Å². The van der Waals surface area contributed by atoms with Gasteiger partial charge < -0.3 is 4.90 Å². The van der Waals surface area contributed by atoms with Crippen LogP contribution in [-0.4, -0.2) is 22.0 Å². The lowest BCUT2D eigenvalue weighted by Gasteiger charge is -2.29. The van der Waals surface area contributed by atoms with Crippen LogP contribution in [0.4, 0.5) is 5.69 Å². The minimum Gasteiger partial charge on any atom is -0.311 e. The lowest BCUT2D eigenvalue weighted by atomic mass is 10.0. The van der Waals surface area contributed by atoms with Gasteiger partial charge in [-0.3, -0.25) is 14.2 Å². The van der Waals surface area contributed by atoms with E-state index in [-0.39, 0.29) is 18.0 Å². The normalized spacial score (nSPS) is 13.7. The van der Waals surface area contributed by atoms with Crippen molar-refractivity contribution in [3.63, 3.8) is 0 Å². The van der Waals surface area contributed by atoms with Gasteiger partial charge in [-0.2, -0.15) is 0 Å². The van der Waals surface area contributed by atoms with Crippen molar-refractivity contribution in [2.45, 2.75) is 26.3 Å². The number of carbonyl (C=O) groups is 1. The Morgan fingerprint density at radius 1 is 1.27 bits per heavy atom. The van der Waals surface area contributed by atoms with Crippen LogP contribution in [0.15, 0.2) is 52.0 Å². The van der Waals surface area contributed by atoms with Crippen molar-refractivity contribution in [3.05, 3.63) is 68.7 Å². The van der Waals surface area contributed by atoms with Crippen molar-refractivity contribution in [2.75, 3.05) is 11.4 Å². The number of rotatable bonds is 2. The van der Waals surface area contributed by atoms with E-state index in [1.165, 1.54) is 10.9 Å². The number of halogens is 1. The maximum absolute atomic E-state index is 12.9. The van der Waals surface area contributed by atoms with Crippen LogP contribution in [0.3, 0.4) is 0 Å². The third-order valence-corrected chi connectivity index (χ3v) is 5.32. The van der Waals surface area contributed by atoms with Gasteiger partial charge in [-0.05, 0) is 55.2 Å². The molecule has 132 valence electrons. The van der Waals surface area contributed by atoms with Gasteiger partial charge in [0, 0.05) is 16.7 Å². The fourth-order valence-corrected chi connectivity index (χ4v) is 3.91. The zero-order chi connectivity index (χ0) is 18.3. The predicted molar refractivity (Wildman–Crippen MR) is 106 cm³/mol. The van der Waals surface area contributed by atoms with Gasteiger partial charge in [0.25, 0.3) is 5.56 Å². The second-order valence-corrected chi connectivity index (χ2v) is 7.49. The number of fused-ring (bicyclic) bond motifs is 2. The maximum Gasteiger partial charge on any atom is 0.261 e. The van der Waals surface area contributed by atoms with Crippen LogP contribution >= 0.6 is 15.9 Å². The minimum atomic E-state index is -0.180. The summed E-state index contributed by atoms with van der Waals surface area (Å²) in [6, 6.07) is 11.5. The summed E-state index contributed by atoms with van der Waals surface area (Å²) in [4.78, 5) is 31.8. The van der Waals surface area contributed by atoms with Gasteiger partial charge in [-0.15, -0.1) is 0 Å². The Kier molecular flexibility index (Phi) is 4.36. The number of hydrogen-bond acceptors (Lipinski definition) is 3. The molecular weight excluding hydrogens is 394 g/mol. The summed E-state index contributed by atoms with van der Waals surface area (Å²) in [6.07, 6.45) is 3.34. The topological polar surface area (TPSA) is 55.2 Å². The first-order valence-electron chi connectivity index (χ1n) is 8.58. The highest BCUT2D eigenvalue weighted by molar-refractivity contribution is 9.10. The quantitative estimate of drug-likeness (QED) is 0.648. The lowest BCUT2D eigenvalue weighted by molar-refractivity contribution is -0.119. The van der Waals surface area contributed by atoms with E-state index in [9.17, 15) is 9.59 Å². The van der Waals surface area contributed by atoms with Gasteiger partial charge in [0.15, 0.2) is 0 Å². The molecule has 2 aromatic carbocycles. The number of benzene rings is 2. The number of hydrogen-bond donors (Lipinski definition) is 0. The second kappa shape index (κ2) is 6.68. The molecule has 1 aliphatic rings. The number of carbonyl (C=O) groups excluding carboxylic acids is 1. The van der Waals surface area contributed by atoms with Gasteiger partial charge in [-0.25, -0.2) is 4.98 Å². The molecule has 0 unspecified atom stereocenters. The number of amides is 1. The smallest absolute Gasteiger partial charge is 0.261 e. The SMILES string of the molecule is Cc1cccc2c(=O)n(CC(=O)N3CCCc4cc(Br)ccc43)cnc12. The predicted octanol–water partition coefficient (Wildman–Crippen LogP) is 3.45. The molecule has 2 heterocycles. The molecule has 0 saturated carbocycles. The first-order valence-corrected chi connectivity index (χ1v) is 9.37. The lowest BCUT2D eigenvalue weighted by Crippen LogP contribution is -2.39. The first kappa shape index (κ1) is 17.0. The third kappa shape index (κ3) is 2.94. The van der Waals surface area contributed by atoms with Crippen LogP contribution in [0.25, 0.3) is 10.9 Å². The fraction of sp³-hybridized carbons (Fsp3) is 0.250. The standard InChI is InChI=1S/C20H18BrN3O2/c1-13-4-2-6-16-19(13)22-12-23(20(16)26)11-18(25)24-9-3-5-14-10-15(21)7-8-17(14)24/h2,4,6-8,10,12H,3,5,9,11H2,1H3. The van der Waals surface area contributed by atoms with Crippen LogP contribution in [0.2, 0.25) is 0 Å². The maximum atomic E-state index is 12.9. The molecule has 1 aliphatic heterocycles. The Morgan fingerprint density at radius 2 is 2.12 bits per heavy atom. The molecule has 0 radical (unpaired) electrons. The number of aromatic nitrogens is 2. The average molecular weight is 412 g/mol. The summed E-state index contributed by atoms with van der Waals surface area (Å²) in [7, 11) is 0. The molecule has 0 bridgehead atoms. The number of aryl methyl sites for hydroxylation is 2. The van der Waals surface area contributed by atoms with Gasteiger partial charge >= 0.3 is 0 Å². The van der Waals surface area contributed by atoms with E-state index in [1.54, 1.807) is 11.0 Å². The van der Waals surface area contributed by atoms with Gasteiger partial charge in [0.2, 0.25) is 5.91 Å². The highest BCUT2D eigenvalue weighted by Crippen LogP contribution is 2.30. The van der Waals surface area contributed by atoms with E-state index >= 15 is 0 Å². The first-order chi connectivity index (χ1) is 12.5. The number of nitrogens with zero attached hydrogens (tertiary/aromatic N) is 3. The zero-order valence-electron chi connectivity index (χ0n) is 14.4. The Balaban J connectivity index is 1.67. The van der Waals surface area contributed by atoms with E-state index in [4.69, 9.17) is 0 Å². The molecule has 0 fully saturated rings. The molecule has 0 saturated heterocycles. The Labute approximate surface area is 159 Å². The van der Waals surface area contributed by atoms with E-state index in [0.29, 0.717) is 17.4 Å². The van der Waals surface area contributed by atoms with Crippen molar-refractivity contribution < 1.29 is 4.79 Å². The van der Waals surface area contributed by atoms with Crippen LogP contribution in [0, 0.1) is 6.92 Å². The van der Waals surface area contributed by atoms with Crippen molar-refractivity contribution in [1.29, 1.82) is 0 Å². The molecule has 6 heteroatoms. The molecule has 1 aromatic heterocycles. The summed E-state index contributed by atoms with van der Waals surface area (Å²) < 4.78 is 2.41. The van der Waals surface area contributed by atoms with E-state index in [1.807, 2.05) is 31.2 Å². The third-order valence-electron chi connectivity index (χ3n) is 4.82. The fourth-order valence-electron chi connectivity index (χ4n) is 3.51. The zero-order valence-corrected chi connectivity index (χ0v) is 16.0. The summed E-state index contributed by atoms with van der Waals surface area (Å²) in [5, 5.41) is 0.545. The largest absolute Gasteiger partial charge is 0.311 e. The van der Waals surface area contributed by atoms with Crippen LogP contribution < -0.4 is 10.5 Å². The Hall–Kier alpha value is -2.47. The Morgan fingerprint density at radius 3 is 2.96 bits per heavy atom. The summed E-state index contributed by atoms with van der Waals surface area (Å²) in [6.45, 7) is 2.58. The van der Waals surface area contributed by atoms with E-state index in [0.717, 1.165) is 34.1 Å². The highest BCUT2D eigenvalue weighted by atomic mass is 79.9. The monoisotopic (exact) mass is 411 g/mol. The van der Waals surface area contributed by atoms with Crippen molar-refractivity contribution >= 4 is 38.4 Å². The van der Waals surface area contributed by atoms with Gasteiger partial charge in [-0.1, -0.05) is 28.1 Å². The molecule has 0 atom stereocenters. The van der Waals surface area contributed by atoms with Gasteiger partial charge in [0.1, 0.15) is 6.54 Å². The summed E-state index contributed by atoms with van der Waals surface area (Å²) in [5.41, 5.74) is 3.55. The molecule has 26 heavy (non-hydrogen) atoms. The molecule has 3 aromatic rings. The van der Waals surface area contributed by atoms with Gasteiger partial charge in [0.05, 0.1) is 17.2 Å². The van der Waals surface area contributed by atoms with Crippen molar-refractivity contribution in [1.82, 2.24) is 9.55 Å². The summed E-state index contributed by atoms with van der Waals surface area (Å²) >= 11 is 3.48. The van der Waals surface area contributed by atoms with Crippen molar-refractivity contribution in [3.8, 4) is 0 Å². The Bertz CT molecular complexity index is 1070. The average Bonchev–Trinajstić information content (AvgIpc) is 2.63. The molecular formula is C20H18BrN3O2. The molecule has 5 nitrogen and oxygen atoms in total. The van der Waals surface area contributed by atoms with Crippen LogP contribution in [0.5, 0.6) is 0 Å². The number of para-hydroxylation sites is 1. The highest BCUT2D eigenvalue weighted by Gasteiger charge is 2.23.